The molecule has 0 bridgehead atoms. The predicted molar refractivity (Wildman–Crippen MR) is 90.5 cm³/mol. The van der Waals surface area contributed by atoms with E-state index in [-0.39, 0.29) is 12.0 Å². The number of carbonyl (C=O) groups excluding carboxylic acids is 1. The molecular formula is C18H26N2O4. The first kappa shape index (κ1) is 17.0. The number of oxime groups is 1. The molecule has 132 valence electrons. The molecule has 0 aromatic rings. The van der Waals surface area contributed by atoms with Crippen LogP contribution in [0.5, 0.6) is 0 Å². The van der Waals surface area contributed by atoms with Crippen molar-refractivity contribution in [3.63, 3.8) is 0 Å². The third kappa shape index (κ3) is 3.64. The molecule has 0 aromatic carbocycles. The smallest absolute Gasteiger partial charge is 0.226 e. The Morgan fingerprint density at radius 1 is 1.38 bits per heavy atom. The van der Waals surface area contributed by atoms with Gasteiger partial charge in [-0.2, -0.15) is 0 Å². The molecule has 0 saturated carbocycles. The molecule has 0 aromatic heterocycles. The highest BCUT2D eigenvalue weighted by molar-refractivity contribution is 6.02. The van der Waals surface area contributed by atoms with Crippen LogP contribution in [-0.4, -0.2) is 56.0 Å². The monoisotopic (exact) mass is 334 g/mol. The fourth-order valence-electron chi connectivity index (χ4n) is 3.62. The first-order chi connectivity index (χ1) is 11.6. The van der Waals surface area contributed by atoms with Crippen LogP contribution < -0.4 is 0 Å². The zero-order valence-electron chi connectivity index (χ0n) is 14.7. The zero-order valence-corrected chi connectivity index (χ0v) is 14.7. The zero-order chi connectivity index (χ0) is 17.1. The number of nitrogens with zero attached hydrogens (tertiary/aromatic N) is 2. The van der Waals surface area contributed by atoms with Gasteiger partial charge in [0.15, 0.2) is 0 Å². The summed E-state index contributed by atoms with van der Waals surface area (Å²) in [6.07, 6.45) is 3.92. The van der Waals surface area contributed by atoms with Gasteiger partial charge in [0.05, 0.1) is 32.5 Å². The molecule has 1 saturated heterocycles. The third-order valence-corrected chi connectivity index (χ3v) is 4.79. The fourth-order valence-corrected chi connectivity index (χ4v) is 3.62. The Kier molecular flexibility index (Phi) is 5.23. The number of morpholine rings is 1. The van der Waals surface area contributed by atoms with Gasteiger partial charge in [0.2, 0.25) is 5.91 Å². The minimum atomic E-state index is -0.180. The molecule has 1 amide bonds. The molecule has 0 N–H and O–H groups in total. The van der Waals surface area contributed by atoms with E-state index in [4.69, 9.17) is 14.3 Å². The summed E-state index contributed by atoms with van der Waals surface area (Å²) in [6.45, 7) is 6.86. The maximum absolute atomic E-state index is 12.4. The van der Waals surface area contributed by atoms with E-state index < -0.39 is 0 Å². The normalized spacial score (nSPS) is 27.5. The Labute approximate surface area is 143 Å². The second-order valence-corrected chi connectivity index (χ2v) is 6.74. The lowest BCUT2D eigenvalue weighted by atomic mass is 9.84. The number of hydrogen-bond donors (Lipinski definition) is 0. The molecule has 0 spiro atoms. The summed E-state index contributed by atoms with van der Waals surface area (Å²) in [5.74, 6) is 1.34. The van der Waals surface area contributed by atoms with Gasteiger partial charge in [-0.25, -0.2) is 0 Å². The van der Waals surface area contributed by atoms with Crippen molar-refractivity contribution in [2.75, 3.05) is 33.4 Å². The van der Waals surface area contributed by atoms with Crippen LogP contribution in [0.25, 0.3) is 0 Å². The van der Waals surface area contributed by atoms with Gasteiger partial charge < -0.3 is 19.2 Å². The summed E-state index contributed by atoms with van der Waals surface area (Å²) in [6, 6.07) is 0. The van der Waals surface area contributed by atoms with Crippen LogP contribution in [0.1, 0.15) is 33.1 Å². The Balaban J connectivity index is 1.63. The van der Waals surface area contributed by atoms with Crippen LogP contribution in [0.3, 0.4) is 0 Å². The van der Waals surface area contributed by atoms with E-state index in [0.717, 1.165) is 23.5 Å². The van der Waals surface area contributed by atoms with Gasteiger partial charge in [-0.1, -0.05) is 17.7 Å². The van der Waals surface area contributed by atoms with Crippen molar-refractivity contribution in [3.05, 3.63) is 23.0 Å². The molecular weight excluding hydrogens is 308 g/mol. The quantitative estimate of drug-likeness (QED) is 0.791. The highest BCUT2D eigenvalue weighted by Gasteiger charge is 2.32. The molecule has 2 unspecified atom stereocenters. The predicted octanol–water partition coefficient (Wildman–Crippen LogP) is 2.27. The van der Waals surface area contributed by atoms with Crippen molar-refractivity contribution in [2.24, 2.45) is 11.1 Å². The van der Waals surface area contributed by atoms with E-state index in [2.05, 4.69) is 25.1 Å². The number of carbonyl (C=O) groups is 1. The number of allylic oxidation sites excluding steroid dienone is 3. The summed E-state index contributed by atoms with van der Waals surface area (Å²) >= 11 is 0. The Hall–Kier alpha value is -1.82. The van der Waals surface area contributed by atoms with Gasteiger partial charge >= 0.3 is 0 Å². The summed E-state index contributed by atoms with van der Waals surface area (Å²) in [7, 11) is 1.69. The standard InChI is InChI=1S/C18H26N2O4/c1-12-8-13(2)18(16(9-12)22-3)15-10-14(24-19-15)11-17(21)20-4-6-23-7-5-20/h9,13-14H,4-8,10-11H2,1-3H3. The van der Waals surface area contributed by atoms with Gasteiger partial charge in [-0.05, 0) is 25.3 Å². The van der Waals surface area contributed by atoms with Crippen LogP contribution in [0.15, 0.2) is 28.1 Å². The van der Waals surface area contributed by atoms with Crippen molar-refractivity contribution in [3.8, 4) is 0 Å². The van der Waals surface area contributed by atoms with Crippen molar-refractivity contribution in [2.45, 2.75) is 39.2 Å². The second kappa shape index (κ2) is 7.38. The molecule has 6 nitrogen and oxygen atoms in total. The molecule has 3 rings (SSSR count). The minimum absolute atomic E-state index is 0.119. The topological polar surface area (TPSA) is 60.4 Å². The lowest BCUT2D eigenvalue weighted by Crippen LogP contribution is -2.41. The van der Waals surface area contributed by atoms with Gasteiger partial charge in [0.25, 0.3) is 0 Å². The van der Waals surface area contributed by atoms with Crippen LogP contribution in [-0.2, 0) is 19.1 Å². The van der Waals surface area contributed by atoms with Crippen LogP contribution in [0, 0.1) is 5.92 Å². The average molecular weight is 334 g/mol. The lowest BCUT2D eigenvalue weighted by Gasteiger charge is -2.27. The van der Waals surface area contributed by atoms with E-state index in [1.807, 2.05) is 4.90 Å². The van der Waals surface area contributed by atoms with Crippen LogP contribution in [0.4, 0.5) is 0 Å². The Morgan fingerprint density at radius 2 is 2.12 bits per heavy atom. The number of ether oxygens (including phenoxy) is 2. The second-order valence-electron chi connectivity index (χ2n) is 6.74. The fraction of sp³-hybridized carbons (Fsp3) is 0.667. The van der Waals surface area contributed by atoms with E-state index >= 15 is 0 Å². The van der Waals surface area contributed by atoms with Crippen LogP contribution in [0.2, 0.25) is 0 Å². The minimum Gasteiger partial charge on any atom is -0.496 e. The molecule has 6 heteroatoms. The summed E-state index contributed by atoms with van der Waals surface area (Å²) in [5.41, 5.74) is 3.34. The van der Waals surface area contributed by atoms with Crippen molar-refractivity contribution >= 4 is 11.6 Å². The van der Waals surface area contributed by atoms with Gasteiger partial charge in [-0.3, -0.25) is 4.79 Å². The van der Waals surface area contributed by atoms with Crippen LogP contribution >= 0.6 is 0 Å². The Morgan fingerprint density at radius 3 is 2.83 bits per heavy atom. The third-order valence-electron chi connectivity index (χ3n) is 4.79. The summed E-state index contributed by atoms with van der Waals surface area (Å²) in [5, 5.41) is 4.27. The van der Waals surface area contributed by atoms with E-state index in [9.17, 15) is 4.79 Å². The highest BCUT2D eigenvalue weighted by Crippen LogP contribution is 2.34. The molecule has 1 aliphatic carbocycles. The number of rotatable bonds is 4. The van der Waals surface area contributed by atoms with Crippen molar-refractivity contribution in [1.82, 2.24) is 4.90 Å². The van der Waals surface area contributed by atoms with Gasteiger partial charge in [0.1, 0.15) is 11.9 Å². The van der Waals surface area contributed by atoms with Crippen molar-refractivity contribution < 1.29 is 19.1 Å². The number of hydrogen-bond acceptors (Lipinski definition) is 5. The van der Waals surface area contributed by atoms with E-state index in [1.165, 1.54) is 5.57 Å². The first-order valence-electron chi connectivity index (χ1n) is 8.62. The summed E-state index contributed by atoms with van der Waals surface area (Å²) in [4.78, 5) is 19.8. The van der Waals surface area contributed by atoms with Gasteiger partial charge in [-0.15, -0.1) is 0 Å². The summed E-state index contributed by atoms with van der Waals surface area (Å²) < 4.78 is 10.8. The first-order valence-corrected chi connectivity index (χ1v) is 8.62. The molecule has 2 heterocycles. The molecule has 0 radical (unpaired) electrons. The molecule has 24 heavy (non-hydrogen) atoms. The largest absolute Gasteiger partial charge is 0.496 e. The molecule has 2 aliphatic heterocycles. The SMILES string of the molecule is COC1=C(C2=NOC(CC(=O)N3CCOCC3)C2)C(C)CC(C)=C1. The maximum Gasteiger partial charge on any atom is 0.226 e. The Bertz CT molecular complexity index is 588. The average Bonchev–Trinajstić information content (AvgIpc) is 3.02. The molecule has 1 fully saturated rings. The highest BCUT2D eigenvalue weighted by atomic mass is 16.6. The van der Waals surface area contributed by atoms with E-state index in [1.54, 1.807) is 7.11 Å². The maximum atomic E-state index is 12.4. The van der Waals surface area contributed by atoms with Gasteiger partial charge in [0, 0.05) is 25.1 Å². The number of methoxy groups -OCH3 is 1. The number of amides is 1. The van der Waals surface area contributed by atoms with Crippen molar-refractivity contribution in [1.29, 1.82) is 0 Å². The molecule has 2 atom stereocenters. The van der Waals surface area contributed by atoms with E-state index in [0.29, 0.717) is 45.1 Å². The lowest BCUT2D eigenvalue weighted by molar-refractivity contribution is -0.137. The molecule has 3 aliphatic rings.